The number of rotatable bonds is 1. The molecule has 0 saturated carbocycles. The quantitative estimate of drug-likeness (QED) is 0.536. The van der Waals surface area contributed by atoms with E-state index in [1.54, 1.807) is 6.20 Å². The van der Waals surface area contributed by atoms with Gasteiger partial charge in [0.15, 0.2) is 0 Å². The Balaban J connectivity index is 2.27. The molecule has 1 fully saturated rings. The molecule has 1 aliphatic heterocycles. The van der Waals surface area contributed by atoms with Gasteiger partial charge in [-0.25, -0.2) is 4.98 Å². The van der Waals surface area contributed by atoms with Crippen molar-refractivity contribution in [3.8, 4) is 0 Å². The van der Waals surface area contributed by atoms with E-state index < -0.39 is 0 Å². The van der Waals surface area contributed by atoms with E-state index in [0.29, 0.717) is 11.7 Å². The minimum Gasteiger partial charge on any atom is -0.383 e. The van der Waals surface area contributed by atoms with E-state index in [1.165, 1.54) is 12.8 Å². The number of nitrogens with one attached hydrogen (secondary N) is 1. The number of anilines is 1. The Labute approximate surface area is 89.6 Å². The topological polar surface area (TPSA) is 66.0 Å². The van der Waals surface area contributed by atoms with Crippen molar-refractivity contribution in [3.05, 3.63) is 23.4 Å². The summed E-state index contributed by atoms with van der Waals surface area (Å²) in [5.74, 6) is 0.971. The van der Waals surface area contributed by atoms with E-state index in [0.717, 1.165) is 24.2 Å². The summed E-state index contributed by atoms with van der Waals surface area (Å²) in [5, 5.41) is 8.07. The van der Waals surface area contributed by atoms with E-state index in [1.807, 2.05) is 13.0 Å². The molecule has 0 spiro atoms. The van der Waals surface area contributed by atoms with Gasteiger partial charge in [0.2, 0.25) is 0 Å². The molecule has 2 rings (SSSR count). The Morgan fingerprint density at radius 2 is 2.13 bits per heavy atom. The Morgan fingerprint density at radius 3 is 2.80 bits per heavy atom. The minimum atomic E-state index is 0.456. The second kappa shape index (κ2) is 3.88. The van der Waals surface area contributed by atoms with Crippen molar-refractivity contribution in [1.29, 1.82) is 5.41 Å². The van der Waals surface area contributed by atoms with Gasteiger partial charge >= 0.3 is 0 Å². The molecule has 0 bridgehead atoms. The predicted octanol–water partition coefficient (Wildman–Crippen LogP) is 1.39. The zero-order valence-electron chi connectivity index (χ0n) is 8.95. The first-order valence-corrected chi connectivity index (χ1v) is 5.24. The van der Waals surface area contributed by atoms with Crippen LogP contribution in [0.4, 0.5) is 5.82 Å². The number of aromatic nitrogens is 1. The third-order valence-corrected chi connectivity index (χ3v) is 2.73. The second-order valence-electron chi connectivity index (χ2n) is 3.99. The van der Waals surface area contributed by atoms with Gasteiger partial charge in [0.1, 0.15) is 11.7 Å². The van der Waals surface area contributed by atoms with Crippen LogP contribution in [0.2, 0.25) is 0 Å². The van der Waals surface area contributed by atoms with Crippen LogP contribution in [-0.2, 0) is 0 Å². The molecule has 1 aliphatic rings. The smallest absolute Gasteiger partial charge is 0.134 e. The summed E-state index contributed by atoms with van der Waals surface area (Å²) >= 11 is 0. The summed E-state index contributed by atoms with van der Waals surface area (Å²) in [6.45, 7) is 3.89. The third kappa shape index (κ3) is 1.93. The first-order valence-electron chi connectivity index (χ1n) is 5.24. The van der Waals surface area contributed by atoms with Crippen LogP contribution in [0.3, 0.4) is 0 Å². The van der Waals surface area contributed by atoms with Gasteiger partial charge in [-0.1, -0.05) is 0 Å². The largest absolute Gasteiger partial charge is 0.383 e. The molecule has 0 unspecified atom stereocenters. The average Bonchev–Trinajstić information content (AvgIpc) is 2.74. The highest BCUT2D eigenvalue weighted by Gasteiger charge is 2.18. The van der Waals surface area contributed by atoms with Gasteiger partial charge < -0.3 is 10.6 Å². The van der Waals surface area contributed by atoms with Crippen LogP contribution in [0.25, 0.3) is 0 Å². The molecule has 15 heavy (non-hydrogen) atoms. The number of aryl methyl sites for hydroxylation is 1. The van der Waals surface area contributed by atoms with Crippen LogP contribution >= 0.6 is 0 Å². The molecular formula is C11H16N4. The van der Waals surface area contributed by atoms with Crippen molar-refractivity contribution in [2.45, 2.75) is 19.8 Å². The zero-order valence-corrected chi connectivity index (χ0v) is 8.95. The summed E-state index contributed by atoms with van der Waals surface area (Å²) in [4.78, 5) is 6.14. The maximum Gasteiger partial charge on any atom is 0.134 e. The number of hydrogen-bond acceptors (Lipinski definition) is 3. The van der Waals surface area contributed by atoms with Gasteiger partial charge in [0.05, 0.1) is 5.56 Å². The molecule has 0 aliphatic carbocycles. The Morgan fingerprint density at radius 1 is 1.47 bits per heavy atom. The van der Waals surface area contributed by atoms with Crippen LogP contribution in [0, 0.1) is 12.3 Å². The SMILES string of the molecule is Cc1cnc(N)c(C(=N)N2CCCC2)c1. The van der Waals surface area contributed by atoms with Gasteiger partial charge in [-0.2, -0.15) is 0 Å². The zero-order chi connectivity index (χ0) is 10.8. The maximum absolute atomic E-state index is 8.07. The van der Waals surface area contributed by atoms with Crippen molar-refractivity contribution in [2.24, 2.45) is 0 Å². The highest BCUT2D eigenvalue weighted by atomic mass is 15.2. The molecule has 0 atom stereocenters. The summed E-state index contributed by atoms with van der Waals surface area (Å²) in [6, 6.07) is 1.93. The lowest BCUT2D eigenvalue weighted by Crippen LogP contribution is -2.28. The number of nitrogens with two attached hydrogens (primary N) is 1. The van der Waals surface area contributed by atoms with Crippen LogP contribution in [0.5, 0.6) is 0 Å². The van der Waals surface area contributed by atoms with Crippen LogP contribution < -0.4 is 5.73 Å². The molecule has 4 heteroatoms. The van der Waals surface area contributed by atoms with Crippen LogP contribution in [0.15, 0.2) is 12.3 Å². The summed E-state index contributed by atoms with van der Waals surface area (Å²) in [6.07, 6.45) is 4.07. The Kier molecular flexibility index (Phi) is 2.58. The molecule has 0 amide bonds. The molecule has 4 nitrogen and oxygen atoms in total. The average molecular weight is 204 g/mol. The molecule has 3 N–H and O–H groups in total. The van der Waals surface area contributed by atoms with Crippen molar-refractivity contribution in [1.82, 2.24) is 9.88 Å². The number of likely N-dealkylation sites (tertiary alicyclic amines) is 1. The fourth-order valence-corrected chi connectivity index (χ4v) is 1.88. The fourth-order valence-electron chi connectivity index (χ4n) is 1.88. The molecule has 80 valence electrons. The highest BCUT2D eigenvalue weighted by molar-refractivity contribution is 6.00. The lowest BCUT2D eigenvalue weighted by atomic mass is 10.1. The number of pyridine rings is 1. The van der Waals surface area contributed by atoms with Crippen molar-refractivity contribution >= 4 is 11.7 Å². The maximum atomic E-state index is 8.07. The summed E-state index contributed by atoms with van der Waals surface area (Å²) in [5.41, 5.74) is 7.58. The second-order valence-corrected chi connectivity index (χ2v) is 3.99. The first kappa shape index (κ1) is 9.96. The lowest BCUT2D eigenvalue weighted by Gasteiger charge is -2.19. The van der Waals surface area contributed by atoms with E-state index in [4.69, 9.17) is 11.1 Å². The highest BCUT2D eigenvalue weighted by Crippen LogP contribution is 2.16. The first-order chi connectivity index (χ1) is 7.18. The van der Waals surface area contributed by atoms with E-state index in [-0.39, 0.29) is 0 Å². The molecule has 0 aromatic carbocycles. The standard InChI is InChI=1S/C11H16N4/c1-8-6-9(10(12)14-7-8)11(13)15-4-2-3-5-15/h6-7,13H,2-5H2,1H3,(H2,12,14). The van der Waals surface area contributed by atoms with Crippen molar-refractivity contribution < 1.29 is 0 Å². The normalized spacial score (nSPS) is 15.7. The summed E-state index contributed by atoms with van der Waals surface area (Å²) < 4.78 is 0. The predicted molar refractivity (Wildman–Crippen MR) is 61.0 cm³/mol. The van der Waals surface area contributed by atoms with E-state index >= 15 is 0 Å². The van der Waals surface area contributed by atoms with Gasteiger partial charge in [-0.15, -0.1) is 0 Å². The molecule has 1 aromatic rings. The Bertz CT molecular complexity index is 380. The number of nitrogens with zero attached hydrogens (tertiary/aromatic N) is 2. The van der Waals surface area contributed by atoms with Gasteiger partial charge in [-0.3, -0.25) is 5.41 Å². The molecule has 2 heterocycles. The molecule has 1 aromatic heterocycles. The Hall–Kier alpha value is -1.58. The fraction of sp³-hybridized carbons (Fsp3) is 0.455. The number of hydrogen-bond donors (Lipinski definition) is 2. The molecule has 1 saturated heterocycles. The van der Waals surface area contributed by atoms with Crippen molar-refractivity contribution in [2.75, 3.05) is 18.8 Å². The minimum absolute atomic E-state index is 0.456. The molecule has 0 radical (unpaired) electrons. The van der Waals surface area contributed by atoms with Gasteiger partial charge in [0, 0.05) is 19.3 Å². The summed E-state index contributed by atoms with van der Waals surface area (Å²) in [7, 11) is 0. The van der Waals surface area contributed by atoms with Gasteiger partial charge in [0.25, 0.3) is 0 Å². The van der Waals surface area contributed by atoms with Crippen LogP contribution in [0.1, 0.15) is 24.0 Å². The molecular weight excluding hydrogens is 188 g/mol. The van der Waals surface area contributed by atoms with E-state index in [9.17, 15) is 0 Å². The number of nitrogen functional groups attached to an aromatic ring is 1. The monoisotopic (exact) mass is 204 g/mol. The number of amidine groups is 1. The lowest BCUT2D eigenvalue weighted by molar-refractivity contribution is 0.517. The van der Waals surface area contributed by atoms with Gasteiger partial charge in [-0.05, 0) is 31.4 Å². The van der Waals surface area contributed by atoms with E-state index in [2.05, 4.69) is 9.88 Å². The third-order valence-electron chi connectivity index (χ3n) is 2.73. The van der Waals surface area contributed by atoms with Crippen molar-refractivity contribution in [3.63, 3.8) is 0 Å². The van der Waals surface area contributed by atoms with Crippen LogP contribution in [-0.4, -0.2) is 28.8 Å².